The molecule has 0 aromatic heterocycles. The summed E-state index contributed by atoms with van der Waals surface area (Å²) in [5.41, 5.74) is 1.02. The van der Waals surface area contributed by atoms with Crippen LogP contribution in [0.3, 0.4) is 0 Å². The number of phenolic OH excluding ortho intramolecular Hbond substituents is 1. The second kappa shape index (κ2) is 5.10. The van der Waals surface area contributed by atoms with Crippen LogP contribution in [0.5, 0.6) is 5.75 Å². The number of benzene rings is 2. The zero-order valence-electron chi connectivity index (χ0n) is 10.4. The Morgan fingerprint density at radius 2 is 2.21 bits per heavy atom. The van der Waals surface area contributed by atoms with E-state index in [1.807, 2.05) is 0 Å². The van der Waals surface area contributed by atoms with E-state index in [0.29, 0.717) is 21.9 Å². The number of ether oxygens (including phenoxy) is 1. The maximum absolute atomic E-state index is 13.2. The second-order valence-corrected chi connectivity index (χ2v) is 4.12. The van der Waals surface area contributed by atoms with E-state index in [2.05, 4.69) is 11.3 Å². The zero-order valence-corrected chi connectivity index (χ0v) is 10.4. The molecule has 0 aliphatic heterocycles. The molecule has 19 heavy (non-hydrogen) atoms. The lowest BCUT2D eigenvalue weighted by molar-refractivity contribution is -0.139. The molecule has 0 spiro atoms. The molecular formula is C15H13FO3. The monoisotopic (exact) mass is 260 g/mol. The number of hydrogen-bond acceptors (Lipinski definition) is 3. The Morgan fingerprint density at radius 3 is 2.84 bits per heavy atom. The van der Waals surface area contributed by atoms with Gasteiger partial charge >= 0.3 is 5.97 Å². The number of rotatable bonds is 3. The summed E-state index contributed by atoms with van der Waals surface area (Å²) < 4.78 is 17.8. The normalized spacial score (nSPS) is 10.4. The fourth-order valence-corrected chi connectivity index (χ4v) is 2.02. The first-order valence-corrected chi connectivity index (χ1v) is 5.70. The number of aromatic hydroxyl groups is 1. The summed E-state index contributed by atoms with van der Waals surface area (Å²) >= 11 is 0. The Labute approximate surface area is 109 Å². The van der Waals surface area contributed by atoms with Crippen LogP contribution in [-0.2, 0) is 16.0 Å². The average molecular weight is 260 g/mol. The lowest BCUT2D eigenvalue weighted by Crippen LogP contribution is -2.06. The smallest absolute Gasteiger partial charge is 0.310 e. The quantitative estimate of drug-likeness (QED) is 0.863. The van der Waals surface area contributed by atoms with Gasteiger partial charge in [-0.2, -0.15) is 0 Å². The highest BCUT2D eigenvalue weighted by Crippen LogP contribution is 2.33. The number of methoxy groups -OCH3 is 1. The van der Waals surface area contributed by atoms with Crippen LogP contribution < -0.4 is 0 Å². The Kier molecular flexibility index (Phi) is 3.51. The molecule has 0 fully saturated rings. The molecule has 0 saturated carbocycles. The summed E-state index contributed by atoms with van der Waals surface area (Å²) in [6, 6.07) is 5.83. The van der Waals surface area contributed by atoms with Gasteiger partial charge in [0.2, 0.25) is 0 Å². The molecule has 0 radical (unpaired) electrons. The van der Waals surface area contributed by atoms with Gasteiger partial charge in [-0.1, -0.05) is 18.7 Å². The van der Waals surface area contributed by atoms with E-state index in [1.165, 1.54) is 25.3 Å². The van der Waals surface area contributed by atoms with Crippen LogP contribution in [0.2, 0.25) is 0 Å². The molecule has 0 aliphatic rings. The van der Waals surface area contributed by atoms with Crippen molar-refractivity contribution < 1.29 is 19.0 Å². The number of fused-ring (bicyclic) bond motifs is 1. The Hall–Kier alpha value is -2.36. The molecule has 98 valence electrons. The molecule has 0 saturated heterocycles. The van der Waals surface area contributed by atoms with Crippen LogP contribution in [-0.4, -0.2) is 18.2 Å². The Bertz CT molecular complexity index is 662. The van der Waals surface area contributed by atoms with Crippen LogP contribution in [0.4, 0.5) is 4.39 Å². The summed E-state index contributed by atoms with van der Waals surface area (Å²) in [6.45, 7) is 3.61. The van der Waals surface area contributed by atoms with Gasteiger partial charge in [-0.3, -0.25) is 4.79 Å². The van der Waals surface area contributed by atoms with Gasteiger partial charge in [0.05, 0.1) is 13.5 Å². The van der Waals surface area contributed by atoms with Crippen molar-refractivity contribution in [1.29, 1.82) is 0 Å². The fourth-order valence-electron chi connectivity index (χ4n) is 2.02. The van der Waals surface area contributed by atoms with Crippen LogP contribution in [0.15, 0.2) is 30.8 Å². The predicted molar refractivity (Wildman–Crippen MR) is 71.4 cm³/mol. The third-order valence-electron chi connectivity index (χ3n) is 2.97. The first-order chi connectivity index (χ1) is 9.06. The van der Waals surface area contributed by atoms with E-state index in [1.54, 1.807) is 12.1 Å². The summed E-state index contributed by atoms with van der Waals surface area (Å²) in [5.74, 6) is -0.923. The minimum Gasteiger partial charge on any atom is -0.507 e. The molecule has 1 N–H and O–H groups in total. The van der Waals surface area contributed by atoms with E-state index in [9.17, 15) is 14.3 Å². The maximum atomic E-state index is 13.2. The van der Waals surface area contributed by atoms with Crippen molar-refractivity contribution in [3.63, 3.8) is 0 Å². The highest BCUT2D eigenvalue weighted by molar-refractivity contribution is 5.93. The van der Waals surface area contributed by atoms with Gasteiger partial charge in [-0.15, -0.1) is 0 Å². The molecule has 0 heterocycles. The molecule has 0 amide bonds. The Morgan fingerprint density at radius 1 is 1.47 bits per heavy atom. The van der Waals surface area contributed by atoms with Crippen LogP contribution in [0.25, 0.3) is 16.8 Å². The van der Waals surface area contributed by atoms with Gasteiger partial charge in [0.15, 0.2) is 0 Å². The highest BCUT2D eigenvalue weighted by atomic mass is 19.1. The summed E-state index contributed by atoms with van der Waals surface area (Å²) in [5, 5.41) is 11.2. The van der Waals surface area contributed by atoms with Gasteiger partial charge in [0.25, 0.3) is 0 Å². The van der Waals surface area contributed by atoms with Gasteiger partial charge in [-0.25, -0.2) is 4.39 Å². The van der Waals surface area contributed by atoms with Crippen molar-refractivity contribution in [1.82, 2.24) is 0 Å². The molecule has 2 rings (SSSR count). The average Bonchev–Trinajstić information content (AvgIpc) is 2.40. The van der Waals surface area contributed by atoms with Gasteiger partial charge < -0.3 is 9.84 Å². The molecule has 3 nitrogen and oxygen atoms in total. The molecule has 4 heteroatoms. The number of carbonyl (C=O) groups is 1. The standard InChI is InChI=1S/C15H13FO3/c1-3-12-10(7-14(17)19-2)6-9-4-5-11(16)8-13(9)15(12)18/h3-6,8,18H,1,7H2,2H3. The van der Waals surface area contributed by atoms with Gasteiger partial charge in [0.1, 0.15) is 11.6 Å². The van der Waals surface area contributed by atoms with E-state index in [0.717, 1.165) is 0 Å². The zero-order chi connectivity index (χ0) is 14.0. The molecule has 2 aromatic carbocycles. The number of hydrogen-bond donors (Lipinski definition) is 1. The van der Waals surface area contributed by atoms with Crippen molar-refractivity contribution in [2.75, 3.05) is 7.11 Å². The largest absolute Gasteiger partial charge is 0.507 e. The molecule has 0 atom stereocenters. The molecular weight excluding hydrogens is 247 g/mol. The number of phenols is 1. The number of esters is 1. The van der Waals surface area contributed by atoms with E-state index < -0.39 is 11.8 Å². The minimum absolute atomic E-state index is 0.0265. The molecule has 2 aromatic rings. The first-order valence-electron chi connectivity index (χ1n) is 5.70. The highest BCUT2D eigenvalue weighted by Gasteiger charge is 2.14. The van der Waals surface area contributed by atoms with Crippen molar-refractivity contribution in [3.05, 3.63) is 47.8 Å². The van der Waals surface area contributed by atoms with E-state index >= 15 is 0 Å². The van der Waals surface area contributed by atoms with Crippen LogP contribution >= 0.6 is 0 Å². The lowest BCUT2D eigenvalue weighted by Gasteiger charge is -2.11. The number of carbonyl (C=O) groups excluding carboxylic acids is 1. The second-order valence-electron chi connectivity index (χ2n) is 4.12. The minimum atomic E-state index is -0.432. The summed E-state index contributed by atoms with van der Waals surface area (Å²) in [6.07, 6.45) is 1.47. The Balaban J connectivity index is 2.67. The molecule has 0 aliphatic carbocycles. The van der Waals surface area contributed by atoms with Gasteiger partial charge in [0, 0.05) is 10.9 Å². The van der Waals surface area contributed by atoms with Crippen LogP contribution in [0.1, 0.15) is 11.1 Å². The maximum Gasteiger partial charge on any atom is 0.310 e. The molecule has 0 unspecified atom stereocenters. The summed E-state index contributed by atoms with van der Waals surface area (Å²) in [4.78, 5) is 11.4. The van der Waals surface area contributed by atoms with Crippen molar-refractivity contribution >= 4 is 22.8 Å². The fraction of sp³-hybridized carbons (Fsp3) is 0.133. The van der Waals surface area contributed by atoms with Crippen molar-refractivity contribution in [2.24, 2.45) is 0 Å². The van der Waals surface area contributed by atoms with Crippen molar-refractivity contribution in [2.45, 2.75) is 6.42 Å². The predicted octanol–water partition coefficient (Wildman–Crippen LogP) is 3.04. The number of halogens is 1. The van der Waals surface area contributed by atoms with Gasteiger partial charge in [-0.05, 0) is 29.1 Å². The topological polar surface area (TPSA) is 46.5 Å². The van der Waals surface area contributed by atoms with Crippen molar-refractivity contribution in [3.8, 4) is 5.75 Å². The third kappa shape index (κ3) is 2.42. The third-order valence-corrected chi connectivity index (χ3v) is 2.97. The van der Waals surface area contributed by atoms with Crippen LogP contribution in [0, 0.1) is 5.82 Å². The first kappa shape index (κ1) is 13.1. The SMILES string of the molecule is C=Cc1c(CC(=O)OC)cc2ccc(F)cc2c1O. The molecule has 0 bridgehead atoms. The van der Waals surface area contributed by atoms with E-state index in [4.69, 9.17) is 0 Å². The van der Waals surface area contributed by atoms with E-state index in [-0.39, 0.29) is 12.2 Å². The lowest BCUT2D eigenvalue weighted by atomic mass is 9.97. The summed E-state index contributed by atoms with van der Waals surface area (Å²) in [7, 11) is 1.30.